The molecule has 1 saturated carbocycles. The second-order valence-corrected chi connectivity index (χ2v) is 28.3. The molecule has 0 bridgehead atoms. The Bertz CT molecular complexity index is 708. The Balaban J connectivity index is 1.93. The molecule has 22 heavy (non-hydrogen) atoms. The maximum atomic E-state index is 4.19. The van der Waals surface area contributed by atoms with Crippen molar-refractivity contribution in [1.29, 1.82) is 0 Å². The molecule has 0 spiro atoms. The molecule has 2 aliphatic rings. The minimum atomic E-state index is -2.59. The van der Waals surface area contributed by atoms with Crippen LogP contribution in [0.2, 0.25) is 0 Å². The molecule has 0 radical (unpaired) electrons. The van der Waals surface area contributed by atoms with Gasteiger partial charge in [-0.3, -0.25) is 0 Å². The zero-order chi connectivity index (χ0) is 15.2. The Morgan fingerprint density at radius 3 is 1.45 bits per heavy atom. The molecular weight excluding hydrogens is 461 g/mol. The summed E-state index contributed by atoms with van der Waals surface area (Å²) in [5.41, 5.74) is 5.99. The third kappa shape index (κ3) is 2.31. The molecule has 1 fully saturated rings. The first-order valence-electron chi connectivity index (χ1n) is 7.66. The van der Waals surface area contributed by atoms with Crippen LogP contribution >= 0.6 is 28.0 Å². The van der Waals surface area contributed by atoms with Gasteiger partial charge in [0.1, 0.15) is 0 Å². The first kappa shape index (κ1) is 15.0. The third-order valence-electron chi connectivity index (χ3n) is 4.57. The number of fused-ring (bicyclic) bond motifs is 1. The molecule has 1 aliphatic heterocycles. The van der Waals surface area contributed by atoms with Crippen molar-refractivity contribution >= 4 is 46.4 Å². The molecule has 0 nitrogen and oxygen atoms in total. The molecule has 0 aromatic heterocycles. The number of halogens is 2. The first-order valence-corrected chi connectivity index (χ1v) is 19.6. The third-order valence-corrected chi connectivity index (χ3v) is 17.9. The molecule has 1 heterocycles. The van der Waals surface area contributed by atoms with Gasteiger partial charge in [0.15, 0.2) is 0 Å². The zero-order valence-electron chi connectivity index (χ0n) is 12.2. The first-order chi connectivity index (χ1) is 10.7. The van der Waals surface area contributed by atoms with Crippen molar-refractivity contribution in [3.05, 3.63) is 82.9 Å². The van der Waals surface area contributed by atoms with E-state index in [1.54, 1.807) is 20.0 Å². The Morgan fingerprint density at radius 2 is 1.05 bits per heavy atom. The molecule has 0 amide bonds. The van der Waals surface area contributed by atoms with E-state index < -0.39 is 9.58 Å². The van der Waals surface area contributed by atoms with Crippen molar-refractivity contribution < 1.29 is 0 Å². The minimum absolute atomic E-state index is 1.22. The van der Waals surface area contributed by atoms with Gasteiger partial charge >= 0.3 is 149 Å². The van der Waals surface area contributed by atoms with Gasteiger partial charge in [-0.25, -0.2) is 0 Å². The van der Waals surface area contributed by atoms with Gasteiger partial charge in [-0.1, -0.05) is 0 Å². The fraction of sp³-hybridized carbons (Fsp3) is 0.158. The summed E-state index contributed by atoms with van der Waals surface area (Å²) in [5, 5.41) is 0. The van der Waals surface area contributed by atoms with E-state index in [4.69, 9.17) is 0 Å². The summed E-state index contributed by atoms with van der Waals surface area (Å²) in [6, 6.07) is 21.8. The van der Waals surface area contributed by atoms with Crippen LogP contribution in [0.3, 0.4) is 0 Å². The molecule has 2 aromatic carbocycles. The van der Waals surface area contributed by atoms with Crippen LogP contribution in [-0.4, -0.2) is 9.58 Å². The van der Waals surface area contributed by atoms with Crippen LogP contribution in [0.25, 0.3) is 8.81 Å². The van der Waals surface area contributed by atoms with E-state index >= 15 is 0 Å². The van der Waals surface area contributed by atoms with Crippen molar-refractivity contribution in [2.75, 3.05) is 0 Å². The Kier molecular flexibility index (Phi) is 3.95. The fourth-order valence-electron chi connectivity index (χ4n) is 3.72. The number of hydrogen-bond acceptors (Lipinski definition) is 0. The average molecular weight is 477 g/mol. The van der Waals surface area contributed by atoms with Crippen LogP contribution in [0, 0.1) is 0 Å². The van der Waals surface area contributed by atoms with Gasteiger partial charge in [-0.05, 0) is 0 Å². The molecule has 1 aliphatic carbocycles. The zero-order valence-corrected chi connectivity index (χ0v) is 17.4. The van der Waals surface area contributed by atoms with Crippen molar-refractivity contribution in [3.63, 3.8) is 0 Å². The van der Waals surface area contributed by atoms with Gasteiger partial charge in [0.2, 0.25) is 0 Å². The van der Waals surface area contributed by atoms with Crippen LogP contribution in [0.4, 0.5) is 0 Å². The van der Waals surface area contributed by atoms with E-state index in [9.17, 15) is 0 Å². The molecule has 4 rings (SSSR count). The molecular formula is C19H16Br2Ge. The molecule has 2 aromatic rings. The summed E-state index contributed by atoms with van der Waals surface area (Å²) in [7, 11) is -2.59. The van der Waals surface area contributed by atoms with Crippen LogP contribution < -0.4 is 0 Å². The van der Waals surface area contributed by atoms with Crippen molar-refractivity contribution in [3.8, 4) is 0 Å². The number of allylic oxidation sites excluding steroid dienone is 2. The van der Waals surface area contributed by atoms with E-state index in [2.05, 4.69) is 88.7 Å². The monoisotopic (exact) mass is 476 g/mol. The topological polar surface area (TPSA) is 0 Å². The predicted molar refractivity (Wildman–Crippen MR) is 104 cm³/mol. The fourth-order valence-corrected chi connectivity index (χ4v) is 18.9. The molecule has 0 atom stereocenters. The summed E-state index contributed by atoms with van der Waals surface area (Å²) in [6.45, 7) is 0. The van der Waals surface area contributed by atoms with Gasteiger partial charge in [0, 0.05) is 0 Å². The Hall–Kier alpha value is -0.577. The molecule has 3 heteroatoms. The maximum absolute atomic E-state index is 4.19. The standard InChI is InChI=1S/C19H16Br2Ge/c20-22(21)18(14-8-3-1-4-9-14)16-12-7-13-17(16)19(22)15-10-5-2-6-11-15/h1-6,8-11H,7,12-13H2. The van der Waals surface area contributed by atoms with Gasteiger partial charge in [-0.15, -0.1) is 0 Å². The molecule has 0 saturated heterocycles. The second kappa shape index (κ2) is 5.81. The van der Waals surface area contributed by atoms with E-state index in [1.165, 1.54) is 30.4 Å². The van der Waals surface area contributed by atoms with Crippen molar-refractivity contribution in [2.45, 2.75) is 19.3 Å². The average Bonchev–Trinajstić information content (AvgIpc) is 3.05. The normalized spacial score (nSPS) is 19.7. The summed E-state index contributed by atoms with van der Waals surface area (Å²) in [5.74, 6) is 0. The van der Waals surface area contributed by atoms with Gasteiger partial charge in [0.25, 0.3) is 0 Å². The quantitative estimate of drug-likeness (QED) is 0.440. The van der Waals surface area contributed by atoms with Gasteiger partial charge in [-0.2, -0.15) is 0 Å². The SMILES string of the molecule is [Br][Ge]1([Br])[C](c2ccccc2)=C2CCCC2=[C]1c1ccccc1. The molecule has 110 valence electrons. The van der Waals surface area contributed by atoms with Crippen LogP contribution in [-0.2, 0) is 0 Å². The summed E-state index contributed by atoms with van der Waals surface area (Å²) in [4.78, 5) is 0. The van der Waals surface area contributed by atoms with E-state index in [-0.39, 0.29) is 0 Å². The van der Waals surface area contributed by atoms with E-state index in [0.717, 1.165) is 0 Å². The van der Waals surface area contributed by atoms with E-state index in [0.29, 0.717) is 0 Å². The predicted octanol–water partition coefficient (Wildman–Crippen LogP) is 6.40. The number of hydrogen-bond donors (Lipinski definition) is 0. The van der Waals surface area contributed by atoms with Crippen molar-refractivity contribution in [1.82, 2.24) is 0 Å². The van der Waals surface area contributed by atoms with Gasteiger partial charge in [0.05, 0.1) is 0 Å². The van der Waals surface area contributed by atoms with Crippen molar-refractivity contribution in [2.24, 2.45) is 0 Å². The number of rotatable bonds is 2. The van der Waals surface area contributed by atoms with Gasteiger partial charge < -0.3 is 0 Å². The van der Waals surface area contributed by atoms with Crippen LogP contribution in [0.5, 0.6) is 0 Å². The molecule has 0 N–H and O–H groups in total. The summed E-state index contributed by atoms with van der Waals surface area (Å²) in [6.07, 6.45) is 3.73. The van der Waals surface area contributed by atoms with E-state index in [1.807, 2.05) is 0 Å². The number of benzene rings is 2. The Labute approximate surface area is 147 Å². The van der Waals surface area contributed by atoms with Crippen LogP contribution in [0.1, 0.15) is 30.4 Å². The molecule has 0 unspecified atom stereocenters. The summed E-state index contributed by atoms with van der Waals surface area (Å²) < 4.78 is 3.15. The summed E-state index contributed by atoms with van der Waals surface area (Å²) >= 11 is 8.39. The second-order valence-electron chi connectivity index (χ2n) is 5.87. The Morgan fingerprint density at radius 1 is 0.636 bits per heavy atom. The van der Waals surface area contributed by atoms with Crippen LogP contribution in [0.15, 0.2) is 71.8 Å².